The standard InChI is InChI=1S/C8H16BrNO2S/c1-2-13(11,12)10-7-8(3-4-8)5-6-9/h10H,2-7H2,1H3. The maximum atomic E-state index is 11.2. The largest absolute Gasteiger partial charge is 0.215 e. The van der Waals surface area contributed by atoms with Crippen molar-refractivity contribution in [2.75, 3.05) is 17.6 Å². The minimum atomic E-state index is -3.00. The Morgan fingerprint density at radius 3 is 2.46 bits per heavy atom. The summed E-state index contributed by atoms with van der Waals surface area (Å²) in [6.07, 6.45) is 3.38. The number of hydrogen-bond donors (Lipinski definition) is 1. The van der Waals surface area contributed by atoms with Gasteiger partial charge in [0.15, 0.2) is 0 Å². The number of hydrogen-bond acceptors (Lipinski definition) is 2. The lowest BCUT2D eigenvalue weighted by Gasteiger charge is -2.13. The first kappa shape index (κ1) is 11.5. The summed E-state index contributed by atoms with van der Waals surface area (Å²) in [5, 5.41) is 0.959. The molecule has 0 aliphatic heterocycles. The van der Waals surface area contributed by atoms with E-state index in [0.29, 0.717) is 6.54 Å². The van der Waals surface area contributed by atoms with E-state index in [1.54, 1.807) is 6.92 Å². The Kier molecular flexibility index (Phi) is 3.77. The fraction of sp³-hybridized carbons (Fsp3) is 1.00. The summed E-state index contributed by atoms with van der Waals surface area (Å²) in [6.45, 7) is 2.28. The molecule has 0 radical (unpaired) electrons. The molecule has 1 rings (SSSR count). The molecule has 0 aromatic heterocycles. The SMILES string of the molecule is CCS(=O)(=O)NCC1(CCBr)CC1. The van der Waals surface area contributed by atoms with Gasteiger partial charge in [0.1, 0.15) is 0 Å². The summed E-state index contributed by atoms with van der Waals surface area (Å²) in [4.78, 5) is 0. The Morgan fingerprint density at radius 2 is 2.08 bits per heavy atom. The molecule has 0 spiro atoms. The van der Waals surface area contributed by atoms with Crippen LogP contribution in [0.4, 0.5) is 0 Å². The molecule has 0 aromatic rings. The van der Waals surface area contributed by atoms with Crippen LogP contribution in [0.5, 0.6) is 0 Å². The second-order valence-electron chi connectivity index (χ2n) is 3.66. The van der Waals surface area contributed by atoms with Crippen molar-refractivity contribution in [3.63, 3.8) is 0 Å². The smallest absolute Gasteiger partial charge is 0.211 e. The van der Waals surface area contributed by atoms with Crippen molar-refractivity contribution in [2.24, 2.45) is 5.41 Å². The zero-order valence-corrected chi connectivity index (χ0v) is 10.2. The predicted molar refractivity (Wildman–Crippen MR) is 57.5 cm³/mol. The van der Waals surface area contributed by atoms with E-state index < -0.39 is 10.0 Å². The van der Waals surface area contributed by atoms with Crippen LogP contribution in [0.25, 0.3) is 0 Å². The summed E-state index contributed by atoms with van der Waals surface area (Å²) < 4.78 is 25.0. The zero-order valence-electron chi connectivity index (χ0n) is 7.85. The third kappa shape index (κ3) is 3.56. The molecule has 0 saturated heterocycles. The highest BCUT2D eigenvalue weighted by atomic mass is 79.9. The van der Waals surface area contributed by atoms with Crippen LogP contribution < -0.4 is 4.72 Å². The minimum Gasteiger partial charge on any atom is -0.215 e. The number of alkyl halides is 1. The van der Waals surface area contributed by atoms with Crippen molar-refractivity contribution in [2.45, 2.75) is 26.2 Å². The van der Waals surface area contributed by atoms with Crippen LogP contribution >= 0.6 is 15.9 Å². The number of halogens is 1. The molecule has 1 aliphatic rings. The van der Waals surface area contributed by atoms with Crippen LogP contribution in [0.2, 0.25) is 0 Å². The molecule has 0 unspecified atom stereocenters. The summed E-state index contributed by atoms with van der Waals surface area (Å²) in [5.74, 6) is 0.178. The van der Waals surface area contributed by atoms with E-state index in [0.717, 1.165) is 24.6 Å². The highest BCUT2D eigenvalue weighted by Gasteiger charge is 2.41. The molecule has 78 valence electrons. The molecule has 0 heterocycles. The monoisotopic (exact) mass is 269 g/mol. The van der Waals surface area contributed by atoms with Gasteiger partial charge in [0.2, 0.25) is 10.0 Å². The van der Waals surface area contributed by atoms with Crippen molar-refractivity contribution in [3.8, 4) is 0 Å². The second kappa shape index (κ2) is 4.28. The molecule has 5 heteroatoms. The van der Waals surface area contributed by atoms with Gasteiger partial charge in [-0.25, -0.2) is 13.1 Å². The third-order valence-corrected chi connectivity index (χ3v) is 4.37. The van der Waals surface area contributed by atoms with Gasteiger partial charge in [-0.2, -0.15) is 0 Å². The lowest BCUT2D eigenvalue weighted by Crippen LogP contribution is -2.31. The molecule has 1 fully saturated rings. The van der Waals surface area contributed by atoms with Crippen LogP contribution in [0, 0.1) is 5.41 Å². The Labute approximate surface area is 88.5 Å². The van der Waals surface area contributed by atoms with Crippen LogP contribution in [0.15, 0.2) is 0 Å². The number of rotatable bonds is 6. The van der Waals surface area contributed by atoms with Gasteiger partial charge in [-0.15, -0.1) is 0 Å². The van der Waals surface area contributed by atoms with Gasteiger partial charge in [0.25, 0.3) is 0 Å². The summed E-state index contributed by atoms with van der Waals surface area (Å²) in [6, 6.07) is 0. The van der Waals surface area contributed by atoms with Crippen molar-refractivity contribution >= 4 is 26.0 Å². The Hall–Kier alpha value is 0.390. The molecule has 1 N–H and O–H groups in total. The Morgan fingerprint density at radius 1 is 1.46 bits per heavy atom. The Balaban J connectivity index is 2.34. The van der Waals surface area contributed by atoms with Crippen molar-refractivity contribution in [1.82, 2.24) is 4.72 Å². The quantitative estimate of drug-likeness (QED) is 0.743. The summed E-state index contributed by atoms with van der Waals surface area (Å²) in [7, 11) is -3.00. The second-order valence-corrected chi connectivity index (χ2v) is 6.55. The molecule has 13 heavy (non-hydrogen) atoms. The van der Waals surface area contributed by atoms with E-state index in [4.69, 9.17) is 0 Å². The van der Waals surface area contributed by atoms with Gasteiger partial charge in [0.05, 0.1) is 5.75 Å². The van der Waals surface area contributed by atoms with E-state index in [1.165, 1.54) is 0 Å². The van der Waals surface area contributed by atoms with E-state index in [2.05, 4.69) is 20.7 Å². The van der Waals surface area contributed by atoms with Gasteiger partial charge in [0, 0.05) is 11.9 Å². The first-order valence-electron chi connectivity index (χ1n) is 4.57. The average molecular weight is 270 g/mol. The van der Waals surface area contributed by atoms with E-state index in [9.17, 15) is 8.42 Å². The van der Waals surface area contributed by atoms with Gasteiger partial charge < -0.3 is 0 Å². The van der Waals surface area contributed by atoms with Crippen LogP contribution in [0.3, 0.4) is 0 Å². The van der Waals surface area contributed by atoms with Crippen LogP contribution in [0.1, 0.15) is 26.2 Å². The third-order valence-electron chi connectivity index (χ3n) is 2.63. The fourth-order valence-corrected chi connectivity index (χ4v) is 2.83. The molecule has 1 saturated carbocycles. The van der Waals surface area contributed by atoms with E-state index >= 15 is 0 Å². The maximum absolute atomic E-state index is 11.2. The normalized spacial score (nSPS) is 20.2. The molecule has 1 aliphatic carbocycles. The van der Waals surface area contributed by atoms with E-state index in [1.807, 2.05) is 0 Å². The average Bonchev–Trinajstić information content (AvgIpc) is 2.84. The zero-order chi connectivity index (χ0) is 9.95. The molecule has 0 aromatic carbocycles. The molecule has 0 amide bonds. The summed E-state index contributed by atoms with van der Waals surface area (Å²) >= 11 is 3.39. The van der Waals surface area contributed by atoms with Gasteiger partial charge in [-0.1, -0.05) is 15.9 Å². The maximum Gasteiger partial charge on any atom is 0.211 e. The lowest BCUT2D eigenvalue weighted by molar-refractivity contribution is 0.480. The first-order chi connectivity index (χ1) is 6.04. The lowest BCUT2D eigenvalue weighted by atomic mass is 10.1. The molecule has 0 bridgehead atoms. The summed E-state index contributed by atoms with van der Waals surface area (Å²) in [5.41, 5.74) is 0.270. The topological polar surface area (TPSA) is 46.2 Å². The molecule has 0 atom stereocenters. The number of nitrogens with one attached hydrogen (secondary N) is 1. The fourth-order valence-electron chi connectivity index (χ4n) is 1.26. The first-order valence-corrected chi connectivity index (χ1v) is 7.34. The highest BCUT2D eigenvalue weighted by molar-refractivity contribution is 9.09. The minimum absolute atomic E-state index is 0.178. The van der Waals surface area contributed by atoms with Crippen molar-refractivity contribution in [1.29, 1.82) is 0 Å². The van der Waals surface area contributed by atoms with Crippen molar-refractivity contribution in [3.05, 3.63) is 0 Å². The molecule has 3 nitrogen and oxygen atoms in total. The molecular weight excluding hydrogens is 254 g/mol. The Bertz CT molecular complexity index is 259. The highest BCUT2D eigenvalue weighted by Crippen LogP contribution is 2.48. The number of sulfonamides is 1. The van der Waals surface area contributed by atoms with Gasteiger partial charge in [-0.05, 0) is 31.6 Å². The van der Waals surface area contributed by atoms with Gasteiger partial charge >= 0.3 is 0 Å². The predicted octanol–water partition coefficient (Wildman–Crippen LogP) is 1.49. The van der Waals surface area contributed by atoms with Crippen LogP contribution in [-0.2, 0) is 10.0 Å². The van der Waals surface area contributed by atoms with Crippen molar-refractivity contribution < 1.29 is 8.42 Å². The molecular formula is C8H16BrNO2S. The van der Waals surface area contributed by atoms with Gasteiger partial charge in [-0.3, -0.25) is 0 Å². The van der Waals surface area contributed by atoms with E-state index in [-0.39, 0.29) is 11.2 Å². The van der Waals surface area contributed by atoms with Crippen LogP contribution in [-0.4, -0.2) is 26.0 Å².